The molecule has 0 unspecified atom stereocenters. The molecule has 0 radical (unpaired) electrons. The van der Waals surface area contributed by atoms with Crippen molar-refractivity contribution in [2.24, 2.45) is 0 Å². The first-order valence-corrected chi connectivity index (χ1v) is 6.34. The van der Waals surface area contributed by atoms with E-state index >= 15 is 0 Å². The Balaban J connectivity index is 1.99. The Morgan fingerprint density at radius 3 is 2.95 bits per heavy atom. The Hall–Kier alpha value is -1.50. The minimum atomic E-state index is -4.35. The molecule has 0 amide bonds. The van der Waals surface area contributed by atoms with Crippen LogP contribution in [0, 0.1) is 0 Å². The van der Waals surface area contributed by atoms with E-state index in [0.717, 1.165) is 38.3 Å². The third kappa shape index (κ3) is 2.34. The van der Waals surface area contributed by atoms with Crippen molar-refractivity contribution in [2.75, 3.05) is 36.4 Å². The van der Waals surface area contributed by atoms with E-state index in [4.69, 9.17) is 0 Å². The zero-order chi connectivity index (χ0) is 13.5. The van der Waals surface area contributed by atoms with Gasteiger partial charge in [0.15, 0.2) is 5.82 Å². The average molecular weight is 272 g/mol. The molecule has 1 atom stereocenters. The minimum absolute atomic E-state index is 0.298. The van der Waals surface area contributed by atoms with Gasteiger partial charge in [0.05, 0.1) is 11.3 Å². The zero-order valence-corrected chi connectivity index (χ0v) is 10.3. The Kier molecular flexibility index (Phi) is 3.00. The van der Waals surface area contributed by atoms with Gasteiger partial charge in [0, 0.05) is 38.4 Å². The van der Waals surface area contributed by atoms with E-state index in [-0.39, 0.29) is 0 Å². The van der Waals surface area contributed by atoms with E-state index in [0.29, 0.717) is 24.1 Å². The fraction of sp³-hybridized carbons (Fsp3) is 0.583. The molecule has 0 saturated carbocycles. The summed E-state index contributed by atoms with van der Waals surface area (Å²) >= 11 is 0. The van der Waals surface area contributed by atoms with Crippen LogP contribution in [0.3, 0.4) is 0 Å². The molecule has 19 heavy (non-hydrogen) atoms. The lowest BCUT2D eigenvalue weighted by atomic mass is 10.1. The fourth-order valence-corrected chi connectivity index (χ4v) is 2.64. The van der Waals surface area contributed by atoms with E-state index in [2.05, 4.69) is 20.5 Å². The molecule has 2 N–H and O–H groups in total. The molecule has 1 aromatic rings. The van der Waals surface area contributed by atoms with Gasteiger partial charge in [-0.2, -0.15) is 13.2 Å². The molecule has 1 fully saturated rings. The van der Waals surface area contributed by atoms with E-state index in [1.807, 2.05) is 0 Å². The van der Waals surface area contributed by atoms with Crippen molar-refractivity contribution in [3.05, 3.63) is 17.8 Å². The monoisotopic (exact) mass is 272 g/mol. The summed E-state index contributed by atoms with van der Waals surface area (Å²) in [6.45, 7) is 3.12. The molecular weight excluding hydrogens is 257 g/mol. The molecule has 0 spiro atoms. The van der Waals surface area contributed by atoms with Crippen LogP contribution in [0.15, 0.2) is 12.3 Å². The van der Waals surface area contributed by atoms with E-state index in [1.165, 1.54) is 0 Å². The van der Waals surface area contributed by atoms with Gasteiger partial charge in [-0.05, 0) is 12.5 Å². The van der Waals surface area contributed by atoms with Crippen LogP contribution in [0.1, 0.15) is 12.0 Å². The minimum Gasteiger partial charge on any atom is -0.382 e. The predicted octanol–water partition coefficient (Wildman–Crippen LogP) is 1.69. The highest BCUT2D eigenvalue weighted by atomic mass is 19.4. The van der Waals surface area contributed by atoms with Gasteiger partial charge in [0.2, 0.25) is 0 Å². The molecule has 0 aromatic carbocycles. The van der Waals surface area contributed by atoms with Crippen molar-refractivity contribution >= 4 is 11.5 Å². The second-order valence-electron chi connectivity index (χ2n) is 4.86. The number of halogens is 3. The molecule has 3 heterocycles. The maximum Gasteiger partial charge on any atom is 0.417 e. The second-order valence-corrected chi connectivity index (χ2v) is 4.86. The number of hydrogen-bond donors (Lipinski definition) is 2. The summed E-state index contributed by atoms with van der Waals surface area (Å²) in [5.41, 5.74) is -0.216. The van der Waals surface area contributed by atoms with Crippen LogP contribution < -0.4 is 15.5 Å². The Morgan fingerprint density at radius 1 is 1.32 bits per heavy atom. The SMILES string of the molecule is FC(F)(F)c1cnc2c(c1)NCC[C@@H]1CNCCN21. The van der Waals surface area contributed by atoms with Crippen LogP contribution in [0.4, 0.5) is 24.7 Å². The van der Waals surface area contributed by atoms with Gasteiger partial charge in [0.25, 0.3) is 0 Å². The third-order valence-electron chi connectivity index (χ3n) is 3.61. The van der Waals surface area contributed by atoms with Gasteiger partial charge in [-0.15, -0.1) is 0 Å². The van der Waals surface area contributed by atoms with Gasteiger partial charge in [-0.3, -0.25) is 0 Å². The van der Waals surface area contributed by atoms with Crippen LogP contribution in [0.5, 0.6) is 0 Å². The van der Waals surface area contributed by atoms with Crippen molar-refractivity contribution in [1.82, 2.24) is 10.3 Å². The summed E-state index contributed by atoms with van der Waals surface area (Å²) in [6.07, 6.45) is -2.53. The van der Waals surface area contributed by atoms with E-state index in [9.17, 15) is 13.2 Å². The van der Waals surface area contributed by atoms with Crippen LogP contribution in [0.25, 0.3) is 0 Å². The second kappa shape index (κ2) is 4.56. The number of piperazine rings is 1. The topological polar surface area (TPSA) is 40.2 Å². The molecule has 7 heteroatoms. The lowest BCUT2D eigenvalue weighted by molar-refractivity contribution is -0.137. The molecule has 0 aliphatic carbocycles. The molecule has 3 rings (SSSR count). The summed E-state index contributed by atoms with van der Waals surface area (Å²) in [4.78, 5) is 6.15. The van der Waals surface area contributed by atoms with Gasteiger partial charge in [-0.1, -0.05) is 0 Å². The zero-order valence-electron chi connectivity index (χ0n) is 10.3. The van der Waals surface area contributed by atoms with Crippen molar-refractivity contribution in [2.45, 2.75) is 18.6 Å². The number of rotatable bonds is 0. The quantitative estimate of drug-likeness (QED) is 0.754. The normalized spacial score (nSPS) is 23.1. The van der Waals surface area contributed by atoms with Crippen molar-refractivity contribution in [3.63, 3.8) is 0 Å². The predicted molar refractivity (Wildman–Crippen MR) is 66.3 cm³/mol. The maximum atomic E-state index is 12.7. The van der Waals surface area contributed by atoms with Crippen LogP contribution in [-0.4, -0.2) is 37.2 Å². The van der Waals surface area contributed by atoms with Gasteiger partial charge in [-0.25, -0.2) is 4.98 Å². The maximum absolute atomic E-state index is 12.7. The number of nitrogens with zero attached hydrogens (tertiary/aromatic N) is 2. The smallest absolute Gasteiger partial charge is 0.382 e. The lowest BCUT2D eigenvalue weighted by Gasteiger charge is -2.36. The highest BCUT2D eigenvalue weighted by Gasteiger charge is 2.34. The number of aromatic nitrogens is 1. The van der Waals surface area contributed by atoms with Crippen molar-refractivity contribution < 1.29 is 13.2 Å². The first kappa shape index (κ1) is 12.5. The highest BCUT2D eigenvalue weighted by molar-refractivity contribution is 5.68. The van der Waals surface area contributed by atoms with Crippen LogP contribution >= 0.6 is 0 Å². The number of fused-ring (bicyclic) bond motifs is 3. The van der Waals surface area contributed by atoms with E-state index in [1.54, 1.807) is 0 Å². The Morgan fingerprint density at radius 2 is 2.16 bits per heavy atom. The standard InChI is InChI=1S/C12H15F3N4/c13-12(14,15)8-5-10-11(18-6-8)19-4-3-16-7-9(19)1-2-17-10/h5-6,9,16-17H,1-4,7H2/t9-/m1/s1. The summed E-state index contributed by atoms with van der Waals surface area (Å²) in [5.74, 6) is 0.636. The molecule has 0 bridgehead atoms. The highest BCUT2D eigenvalue weighted by Crippen LogP contribution is 2.35. The average Bonchev–Trinajstić information content (AvgIpc) is 2.56. The van der Waals surface area contributed by atoms with Crippen molar-refractivity contribution in [3.8, 4) is 0 Å². The Labute approximate surface area is 109 Å². The fourth-order valence-electron chi connectivity index (χ4n) is 2.64. The number of anilines is 2. The number of nitrogens with one attached hydrogen (secondary N) is 2. The van der Waals surface area contributed by atoms with Gasteiger partial charge < -0.3 is 15.5 Å². The van der Waals surface area contributed by atoms with Crippen LogP contribution in [-0.2, 0) is 6.18 Å². The lowest BCUT2D eigenvalue weighted by Crippen LogP contribution is -2.51. The molecule has 1 aromatic heterocycles. The molecule has 2 aliphatic heterocycles. The summed E-state index contributed by atoms with van der Waals surface area (Å²) in [7, 11) is 0. The first-order valence-electron chi connectivity index (χ1n) is 6.34. The summed E-state index contributed by atoms with van der Waals surface area (Å²) in [6, 6.07) is 1.46. The van der Waals surface area contributed by atoms with Crippen LogP contribution in [0.2, 0.25) is 0 Å². The first-order chi connectivity index (χ1) is 9.05. The molecular formula is C12H15F3N4. The molecule has 4 nitrogen and oxygen atoms in total. The van der Waals surface area contributed by atoms with Crippen molar-refractivity contribution in [1.29, 1.82) is 0 Å². The largest absolute Gasteiger partial charge is 0.417 e. The number of hydrogen-bond acceptors (Lipinski definition) is 4. The van der Waals surface area contributed by atoms with Gasteiger partial charge in [0.1, 0.15) is 0 Å². The molecule has 2 aliphatic rings. The number of pyridine rings is 1. The molecule has 1 saturated heterocycles. The summed E-state index contributed by atoms with van der Waals surface area (Å²) < 4.78 is 38.1. The van der Waals surface area contributed by atoms with E-state index < -0.39 is 11.7 Å². The summed E-state index contributed by atoms with van der Waals surface area (Å²) in [5, 5.41) is 6.36. The molecule has 104 valence electrons. The van der Waals surface area contributed by atoms with Gasteiger partial charge >= 0.3 is 6.18 Å². The Bertz CT molecular complexity index is 475. The number of alkyl halides is 3. The third-order valence-corrected chi connectivity index (χ3v) is 3.61.